The second-order valence-electron chi connectivity index (χ2n) is 9.64. The van der Waals surface area contributed by atoms with Gasteiger partial charge >= 0.3 is 15.2 Å². The largest absolute Gasteiger partial charge is 0.372 e. The lowest BCUT2D eigenvalue weighted by molar-refractivity contribution is 0.0274. The average Bonchev–Trinajstić information content (AvgIpc) is 2.70. The molecule has 3 rings (SSSR count). The molecule has 0 aromatic heterocycles. The molecule has 1 aromatic carbocycles. The van der Waals surface area contributed by atoms with E-state index in [-0.39, 0.29) is 37.3 Å². The molecule has 1 aromatic rings. The normalized spacial score (nSPS) is 24.5. The Labute approximate surface area is 180 Å². The smallest absolute Gasteiger partial charge is 0.350 e. The molecule has 170 valence electrons. The van der Waals surface area contributed by atoms with Crippen LogP contribution in [-0.4, -0.2) is 39.5 Å². The molecule has 0 N–H and O–H groups in total. The Kier molecular flexibility index (Phi) is 6.94. The molecule has 0 amide bonds. The zero-order chi connectivity index (χ0) is 22.2. The summed E-state index contributed by atoms with van der Waals surface area (Å²) in [4.78, 5) is 2.20. The lowest BCUT2D eigenvalue weighted by Crippen LogP contribution is -2.33. The van der Waals surface area contributed by atoms with Gasteiger partial charge < -0.3 is 23.0 Å². The first-order valence-corrected chi connectivity index (χ1v) is 13.8. The number of nitrogens with zero attached hydrogens (tertiary/aromatic N) is 1. The molecule has 2 heterocycles. The van der Waals surface area contributed by atoms with Gasteiger partial charge in [-0.1, -0.05) is 39.8 Å². The number of benzene rings is 1. The van der Waals surface area contributed by atoms with Crippen LogP contribution in [0.15, 0.2) is 24.3 Å². The van der Waals surface area contributed by atoms with Gasteiger partial charge in [-0.25, -0.2) is 0 Å². The third-order valence-corrected chi connectivity index (χ3v) is 10.9. The van der Waals surface area contributed by atoms with E-state index >= 15 is 0 Å². The van der Waals surface area contributed by atoms with E-state index in [9.17, 15) is 9.13 Å². The number of hydrogen-bond donors (Lipinski definition) is 0. The summed E-state index contributed by atoms with van der Waals surface area (Å²) in [5, 5.41) is -1.11. The van der Waals surface area contributed by atoms with Crippen molar-refractivity contribution in [3.05, 3.63) is 29.8 Å². The van der Waals surface area contributed by atoms with Crippen molar-refractivity contribution in [2.24, 2.45) is 10.8 Å². The molecule has 30 heavy (non-hydrogen) atoms. The predicted octanol–water partition coefficient (Wildman–Crippen LogP) is 6.06. The Morgan fingerprint density at radius 2 is 1.17 bits per heavy atom. The maximum absolute atomic E-state index is 13.8. The number of rotatable bonds is 6. The fourth-order valence-corrected chi connectivity index (χ4v) is 9.58. The zero-order valence-corrected chi connectivity index (χ0v) is 20.7. The third kappa shape index (κ3) is 5.03. The quantitative estimate of drug-likeness (QED) is 0.479. The van der Waals surface area contributed by atoms with Crippen LogP contribution in [-0.2, 0) is 27.2 Å². The lowest BCUT2D eigenvalue weighted by atomic mass is 9.97. The molecule has 0 unspecified atom stereocenters. The molecule has 0 radical (unpaired) electrons. The van der Waals surface area contributed by atoms with Crippen molar-refractivity contribution < 1.29 is 27.2 Å². The van der Waals surface area contributed by atoms with E-state index in [0.717, 1.165) is 18.8 Å². The van der Waals surface area contributed by atoms with E-state index in [0.29, 0.717) is 5.56 Å². The highest BCUT2D eigenvalue weighted by Gasteiger charge is 2.56. The lowest BCUT2D eigenvalue weighted by Gasteiger charge is -2.42. The third-order valence-electron chi connectivity index (χ3n) is 5.46. The molecular formula is C21H35NO6P2. The second-order valence-corrected chi connectivity index (χ2v) is 14.3. The molecule has 0 atom stereocenters. The van der Waals surface area contributed by atoms with Gasteiger partial charge in [0.15, 0.2) is 5.40 Å². The van der Waals surface area contributed by atoms with Gasteiger partial charge in [-0.3, -0.25) is 9.13 Å². The molecule has 0 bridgehead atoms. The van der Waals surface area contributed by atoms with E-state index in [4.69, 9.17) is 18.1 Å². The van der Waals surface area contributed by atoms with Crippen molar-refractivity contribution >= 4 is 20.9 Å². The Balaban J connectivity index is 1.98. The van der Waals surface area contributed by atoms with Crippen molar-refractivity contribution in [1.29, 1.82) is 0 Å². The number of hydrogen-bond acceptors (Lipinski definition) is 7. The molecule has 2 saturated heterocycles. The summed E-state index contributed by atoms with van der Waals surface area (Å²) >= 11 is 0. The van der Waals surface area contributed by atoms with E-state index in [1.165, 1.54) is 0 Å². The Hall–Kier alpha value is -0.680. The van der Waals surface area contributed by atoms with Gasteiger partial charge in [-0.05, 0) is 31.5 Å². The Morgan fingerprint density at radius 3 is 1.50 bits per heavy atom. The average molecular weight is 459 g/mol. The second kappa shape index (κ2) is 8.69. The van der Waals surface area contributed by atoms with Crippen LogP contribution in [0.5, 0.6) is 0 Å². The molecule has 7 nitrogen and oxygen atoms in total. The molecule has 2 aliphatic rings. The van der Waals surface area contributed by atoms with E-state index in [1.807, 2.05) is 52.0 Å². The van der Waals surface area contributed by atoms with Crippen molar-refractivity contribution in [1.82, 2.24) is 0 Å². The summed E-state index contributed by atoms with van der Waals surface area (Å²) in [7, 11) is -7.56. The van der Waals surface area contributed by atoms with E-state index in [2.05, 4.69) is 18.7 Å². The van der Waals surface area contributed by atoms with Gasteiger partial charge in [0.2, 0.25) is 0 Å². The van der Waals surface area contributed by atoms with Gasteiger partial charge in [0.25, 0.3) is 0 Å². The zero-order valence-electron chi connectivity index (χ0n) is 18.9. The van der Waals surface area contributed by atoms with Gasteiger partial charge in [0.05, 0.1) is 26.4 Å². The van der Waals surface area contributed by atoms with Gasteiger partial charge in [0.1, 0.15) is 0 Å². The van der Waals surface area contributed by atoms with Crippen LogP contribution >= 0.6 is 15.2 Å². The van der Waals surface area contributed by atoms with Crippen molar-refractivity contribution in [3.8, 4) is 0 Å². The van der Waals surface area contributed by atoms with Crippen LogP contribution < -0.4 is 4.90 Å². The molecule has 9 heteroatoms. The fraction of sp³-hybridized carbons (Fsp3) is 0.714. The maximum atomic E-state index is 13.8. The molecule has 2 aliphatic heterocycles. The van der Waals surface area contributed by atoms with E-state index in [1.54, 1.807) is 0 Å². The first-order chi connectivity index (χ1) is 13.9. The van der Waals surface area contributed by atoms with Gasteiger partial charge in [0, 0.05) is 29.6 Å². The minimum absolute atomic E-state index is 0.254. The summed E-state index contributed by atoms with van der Waals surface area (Å²) in [6.07, 6.45) is 0. The Morgan fingerprint density at radius 1 is 0.800 bits per heavy atom. The first-order valence-electron chi connectivity index (χ1n) is 10.6. The summed E-state index contributed by atoms with van der Waals surface area (Å²) in [6.45, 7) is 14.8. The summed E-state index contributed by atoms with van der Waals surface area (Å²) < 4.78 is 50.8. The topological polar surface area (TPSA) is 74.3 Å². The van der Waals surface area contributed by atoms with Crippen LogP contribution in [0.2, 0.25) is 0 Å². The minimum Gasteiger partial charge on any atom is -0.372 e. The highest BCUT2D eigenvalue weighted by atomic mass is 31.2. The van der Waals surface area contributed by atoms with Gasteiger partial charge in [-0.2, -0.15) is 0 Å². The monoisotopic (exact) mass is 459 g/mol. The van der Waals surface area contributed by atoms with Crippen molar-refractivity contribution in [2.45, 2.75) is 46.9 Å². The van der Waals surface area contributed by atoms with E-state index < -0.39 is 20.6 Å². The molecule has 0 aliphatic carbocycles. The number of anilines is 1. The maximum Gasteiger partial charge on any atom is 0.350 e. The van der Waals surface area contributed by atoms with Crippen LogP contribution in [0.1, 0.15) is 52.5 Å². The highest BCUT2D eigenvalue weighted by molar-refractivity contribution is 7.72. The molecular weight excluding hydrogens is 424 g/mol. The van der Waals surface area contributed by atoms with Crippen LogP contribution in [0.25, 0.3) is 0 Å². The molecule has 2 fully saturated rings. The summed E-state index contributed by atoms with van der Waals surface area (Å²) in [5.41, 5.74) is 1.08. The minimum atomic E-state index is -3.78. The first kappa shape index (κ1) is 24.0. The van der Waals surface area contributed by atoms with Crippen LogP contribution in [0.4, 0.5) is 5.69 Å². The molecule has 0 saturated carbocycles. The van der Waals surface area contributed by atoms with Crippen molar-refractivity contribution in [3.63, 3.8) is 0 Å². The standard InChI is InChI=1S/C21H35NO6P2/c1-7-22(8-2)18-11-9-17(10-12-18)19(29(23)25-13-20(3,4)14-26-29)30(24)27-15-21(5,6)16-28-30/h9-12,19H,7-8,13-16H2,1-6H3. The highest BCUT2D eigenvalue weighted by Crippen LogP contribution is 2.80. The SMILES string of the molecule is CCN(CC)c1ccc(C(P2(=O)OCC(C)(C)CO2)P2(=O)OCC(C)(C)CO2)cc1. The Bertz CT molecular complexity index is 764. The fourth-order valence-electron chi connectivity index (χ4n) is 3.48. The van der Waals surface area contributed by atoms with Crippen LogP contribution in [0.3, 0.4) is 0 Å². The summed E-state index contributed by atoms with van der Waals surface area (Å²) in [6, 6.07) is 7.54. The van der Waals surface area contributed by atoms with Crippen LogP contribution in [0, 0.1) is 10.8 Å². The predicted molar refractivity (Wildman–Crippen MR) is 119 cm³/mol. The van der Waals surface area contributed by atoms with Crippen molar-refractivity contribution in [2.75, 3.05) is 44.4 Å². The summed E-state index contributed by atoms with van der Waals surface area (Å²) in [5.74, 6) is 0. The van der Waals surface area contributed by atoms with Gasteiger partial charge in [-0.15, -0.1) is 0 Å². The molecule has 0 spiro atoms.